The highest BCUT2D eigenvalue weighted by Gasteiger charge is 2.18. The maximum Gasteiger partial charge on any atom is 0.291 e. The van der Waals surface area contributed by atoms with Crippen LogP contribution in [-0.4, -0.2) is 15.7 Å². The molecule has 33 heavy (non-hydrogen) atoms. The van der Waals surface area contributed by atoms with Gasteiger partial charge in [-0.3, -0.25) is 9.48 Å². The van der Waals surface area contributed by atoms with E-state index in [-0.39, 0.29) is 18.3 Å². The lowest BCUT2D eigenvalue weighted by molar-refractivity contribution is 0.0992. The van der Waals surface area contributed by atoms with E-state index in [9.17, 15) is 4.79 Å². The molecule has 0 atom stereocenters. The molecule has 0 radical (unpaired) electrons. The van der Waals surface area contributed by atoms with Gasteiger partial charge >= 0.3 is 0 Å². The topological polar surface area (TPSA) is 69.3 Å². The van der Waals surface area contributed by atoms with Gasteiger partial charge in [-0.2, -0.15) is 5.10 Å². The average molecular weight is 549 g/mol. The maximum atomic E-state index is 12.8. The molecule has 0 saturated heterocycles. The first-order chi connectivity index (χ1) is 15.8. The molecule has 170 valence electrons. The highest BCUT2D eigenvalue weighted by atomic mass is 79.9. The Kier molecular flexibility index (Phi) is 7.12. The monoisotopic (exact) mass is 547 g/mol. The number of aromatic nitrogens is 2. The number of furan rings is 1. The number of aryl methyl sites for hydroxylation is 1. The Hall–Kier alpha value is -2.74. The first-order valence-corrected chi connectivity index (χ1v) is 11.6. The Morgan fingerprint density at radius 2 is 1.88 bits per heavy atom. The van der Waals surface area contributed by atoms with Crippen molar-refractivity contribution in [1.29, 1.82) is 0 Å². The fraction of sp³-hybridized carbons (Fsp3) is 0.167. The number of rotatable bonds is 7. The second-order valence-corrected chi connectivity index (χ2v) is 9.17. The van der Waals surface area contributed by atoms with Crippen molar-refractivity contribution >= 4 is 50.7 Å². The number of halogens is 3. The lowest BCUT2D eigenvalue weighted by Crippen LogP contribution is -2.12. The minimum atomic E-state index is -0.361. The SMILES string of the molecule is Cc1nn(Cc2ccc(Cl)cc2)c(C)c1NC(=O)c1ccc(COc2ccc(Br)cc2Cl)o1. The highest BCUT2D eigenvalue weighted by molar-refractivity contribution is 9.10. The molecule has 1 amide bonds. The number of anilines is 1. The Morgan fingerprint density at radius 1 is 1.12 bits per heavy atom. The van der Waals surface area contributed by atoms with Crippen molar-refractivity contribution in [1.82, 2.24) is 9.78 Å². The quantitative estimate of drug-likeness (QED) is 0.269. The van der Waals surface area contributed by atoms with Crippen LogP contribution in [0.25, 0.3) is 0 Å². The van der Waals surface area contributed by atoms with Crippen molar-refractivity contribution in [3.05, 3.63) is 97.6 Å². The van der Waals surface area contributed by atoms with Gasteiger partial charge in [0.25, 0.3) is 5.91 Å². The number of ether oxygens (including phenoxy) is 1. The summed E-state index contributed by atoms with van der Waals surface area (Å²) < 4.78 is 14.1. The minimum absolute atomic E-state index is 0.145. The minimum Gasteiger partial charge on any atom is -0.484 e. The smallest absolute Gasteiger partial charge is 0.291 e. The number of benzene rings is 2. The largest absolute Gasteiger partial charge is 0.484 e. The van der Waals surface area contributed by atoms with Gasteiger partial charge in [-0.05, 0) is 61.9 Å². The Labute approximate surface area is 209 Å². The molecular formula is C24H20BrCl2N3O3. The van der Waals surface area contributed by atoms with Crippen LogP contribution in [0.4, 0.5) is 5.69 Å². The molecule has 1 N–H and O–H groups in total. The Bertz CT molecular complexity index is 1300. The van der Waals surface area contributed by atoms with E-state index in [1.165, 1.54) is 0 Å². The molecule has 2 aromatic carbocycles. The molecule has 2 heterocycles. The van der Waals surface area contributed by atoms with Gasteiger partial charge in [-0.15, -0.1) is 0 Å². The van der Waals surface area contributed by atoms with Gasteiger partial charge < -0.3 is 14.5 Å². The summed E-state index contributed by atoms with van der Waals surface area (Å²) in [6.45, 7) is 4.48. The van der Waals surface area contributed by atoms with E-state index in [1.54, 1.807) is 24.3 Å². The zero-order valence-electron chi connectivity index (χ0n) is 17.9. The van der Waals surface area contributed by atoms with Gasteiger partial charge in [0.2, 0.25) is 0 Å². The highest BCUT2D eigenvalue weighted by Crippen LogP contribution is 2.29. The van der Waals surface area contributed by atoms with Gasteiger partial charge in [-0.25, -0.2) is 0 Å². The molecular weight excluding hydrogens is 529 g/mol. The third-order valence-corrected chi connectivity index (χ3v) is 6.06. The summed E-state index contributed by atoms with van der Waals surface area (Å²) in [5, 5.41) is 8.63. The van der Waals surface area contributed by atoms with Crippen molar-refractivity contribution in [2.75, 3.05) is 5.32 Å². The van der Waals surface area contributed by atoms with Crippen molar-refractivity contribution in [3.8, 4) is 5.75 Å². The zero-order valence-corrected chi connectivity index (χ0v) is 21.0. The van der Waals surface area contributed by atoms with Crippen LogP contribution >= 0.6 is 39.1 Å². The van der Waals surface area contributed by atoms with Gasteiger partial charge in [0.1, 0.15) is 18.1 Å². The van der Waals surface area contributed by atoms with Crippen LogP contribution in [-0.2, 0) is 13.2 Å². The van der Waals surface area contributed by atoms with Crippen LogP contribution < -0.4 is 10.1 Å². The molecule has 0 aliphatic rings. The molecule has 0 saturated carbocycles. The Balaban J connectivity index is 1.42. The van der Waals surface area contributed by atoms with Crippen LogP contribution in [0.15, 0.2) is 63.5 Å². The second-order valence-electron chi connectivity index (χ2n) is 7.41. The van der Waals surface area contributed by atoms with E-state index in [1.807, 2.05) is 48.9 Å². The standard InChI is InChI=1S/C24H20BrCl2N3O3/c1-14-23(15(2)30(29-14)12-16-3-6-18(26)7-4-16)28-24(31)22-10-8-19(33-22)13-32-21-9-5-17(25)11-20(21)27/h3-11H,12-13H2,1-2H3,(H,28,31). The number of nitrogens with one attached hydrogen (secondary N) is 1. The molecule has 0 aliphatic heterocycles. The van der Waals surface area contributed by atoms with Crippen LogP contribution in [0.3, 0.4) is 0 Å². The van der Waals surface area contributed by atoms with E-state index in [4.69, 9.17) is 32.4 Å². The van der Waals surface area contributed by atoms with Gasteiger partial charge in [0, 0.05) is 9.50 Å². The summed E-state index contributed by atoms with van der Waals surface area (Å²) in [4.78, 5) is 12.8. The van der Waals surface area contributed by atoms with Crippen molar-refractivity contribution < 1.29 is 13.9 Å². The predicted molar refractivity (Wildman–Crippen MR) is 132 cm³/mol. The second kappa shape index (κ2) is 10.0. The zero-order chi connectivity index (χ0) is 23.5. The molecule has 0 fully saturated rings. The summed E-state index contributed by atoms with van der Waals surface area (Å²) in [5.41, 5.74) is 3.28. The lowest BCUT2D eigenvalue weighted by Gasteiger charge is -2.07. The van der Waals surface area contributed by atoms with E-state index in [0.29, 0.717) is 33.8 Å². The third kappa shape index (κ3) is 5.61. The molecule has 0 unspecified atom stereocenters. The van der Waals surface area contributed by atoms with Crippen LogP contribution in [0, 0.1) is 13.8 Å². The molecule has 2 aromatic heterocycles. The fourth-order valence-electron chi connectivity index (χ4n) is 3.29. The summed E-state index contributed by atoms with van der Waals surface area (Å²) in [5.74, 6) is 0.854. The van der Waals surface area contributed by atoms with Gasteiger partial charge in [0.05, 0.1) is 28.6 Å². The normalized spacial score (nSPS) is 10.9. The molecule has 4 rings (SSSR count). The third-order valence-electron chi connectivity index (χ3n) is 5.01. The molecule has 0 aliphatic carbocycles. The molecule has 4 aromatic rings. The number of nitrogens with zero attached hydrogens (tertiary/aromatic N) is 2. The first-order valence-electron chi connectivity index (χ1n) is 10.1. The van der Waals surface area contributed by atoms with Crippen LogP contribution in [0.2, 0.25) is 10.0 Å². The summed E-state index contributed by atoms with van der Waals surface area (Å²) in [6, 6.07) is 16.2. The van der Waals surface area contributed by atoms with Crippen LogP contribution in [0.5, 0.6) is 5.75 Å². The molecule has 6 nitrogen and oxygen atoms in total. The summed E-state index contributed by atoms with van der Waals surface area (Å²) in [6.07, 6.45) is 0. The first kappa shape index (κ1) is 23.4. The number of carbonyl (C=O) groups excluding carboxylic acids is 1. The fourth-order valence-corrected chi connectivity index (χ4v) is 4.14. The number of hydrogen-bond donors (Lipinski definition) is 1. The number of hydrogen-bond acceptors (Lipinski definition) is 4. The molecule has 9 heteroatoms. The number of carbonyl (C=O) groups is 1. The van der Waals surface area contributed by atoms with Gasteiger partial charge in [0.15, 0.2) is 5.76 Å². The lowest BCUT2D eigenvalue weighted by atomic mass is 10.2. The predicted octanol–water partition coefficient (Wildman–Crippen LogP) is 7.04. The van der Waals surface area contributed by atoms with Crippen molar-refractivity contribution in [3.63, 3.8) is 0 Å². The van der Waals surface area contributed by atoms with Crippen molar-refractivity contribution in [2.45, 2.75) is 27.0 Å². The van der Waals surface area contributed by atoms with E-state index in [0.717, 1.165) is 21.4 Å². The van der Waals surface area contributed by atoms with E-state index < -0.39 is 0 Å². The van der Waals surface area contributed by atoms with E-state index in [2.05, 4.69) is 26.3 Å². The maximum absolute atomic E-state index is 12.8. The summed E-state index contributed by atoms with van der Waals surface area (Å²) >= 11 is 15.5. The average Bonchev–Trinajstić information content (AvgIpc) is 3.35. The van der Waals surface area contributed by atoms with E-state index >= 15 is 0 Å². The Morgan fingerprint density at radius 3 is 2.61 bits per heavy atom. The van der Waals surface area contributed by atoms with Crippen molar-refractivity contribution in [2.24, 2.45) is 0 Å². The summed E-state index contributed by atoms with van der Waals surface area (Å²) in [7, 11) is 0. The molecule has 0 spiro atoms. The number of amides is 1. The van der Waals surface area contributed by atoms with Crippen LogP contribution in [0.1, 0.15) is 33.3 Å². The molecule has 0 bridgehead atoms. The van der Waals surface area contributed by atoms with Gasteiger partial charge in [-0.1, -0.05) is 51.3 Å².